The molecule has 0 bridgehead atoms. The number of thiazole rings is 1. The van der Waals surface area contributed by atoms with Gasteiger partial charge in [-0.2, -0.15) is 0 Å². The number of hydrogen-bond donors (Lipinski definition) is 2. The minimum absolute atomic E-state index is 0.172. The highest BCUT2D eigenvalue weighted by Gasteiger charge is 2.43. The van der Waals surface area contributed by atoms with Gasteiger partial charge >= 0.3 is 0 Å². The van der Waals surface area contributed by atoms with Gasteiger partial charge in [0.05, 0.1) is 17.1 Å². The maximum Gasteiger partial charge on any atom is 0.185 e. The Balaban J connectivity index is 1.14. The van der Waals surface area contributed by atoms with Gasteiger partial charge in [0.1, 0.15) is 17.7 Å². The minimum atomic E-state index is -0.437. The van der Waals surface area contributed by atoms with E-state index in [9.17, 15) is 5.11 Å². The van der Waals surface area contributed by atoms with Crippen LogP contribution < -0.4 is 9.64 Å². The number of aliphatic hydroxyl groups excluding tert-OH is 1. The first-order valence-corrected chi connectivity index (χ1v) is 11.7. The van der Waals surface area contributed by atoms with Gasteiger partial charge in [-0.15, -0.1) is 11.3 Å². The maximum atomic E-state index is 10.7. The second-order valence-corrected chi connectivity index (χ2v) is 9.43. The summed E-state index contributed by atoms with van der Waals surface area (Å²) in [6, 6.07) is 16.0. The van der Waals surface area contributed by atoms with Crippen LogP contribution in [-0.4, -0.2) is 45.4 Å². The average molecular weight is 433 g/mol. The number of aromatic nitrogens is 3. The van der Waals surface area contributed by atoms with Gasteiger partial charge in [0.15, 0.2) is 5.13 Å². The fourth-order valence-corrected chi connectivity index (χ4v) is 5.66. The summed E-state index contributed by atoms with van der Waals surface area (Å²) >= 11 is 1.68. The van der Waals surface area contributed by atoms with Gasteiger partial charge in [0.25, 0.3) is 0 Å². The zero-order valence-electron chi connectivity index (χ0n) is 17.0. The molecular weight excluding hydrogens is 408 g/mol. The number of H-pyrrole nitrogens is 1. The lowest BCUT2D eigenvalue weighted by molar-refractivity contribution is -0.0231. The van der Waals surface area contributed by atoms with E-state index in [-0.39, 0.29) is 6.10 Å². The van der Waals surface area contributed by atoms with Crippen LogP contribution in [0.15, 0.2) is 60.1 Å². The number of hydrogen-bond acceptors (Lipinski definition) is 6. The van der Waals surface area contributed by atoms with Gasteiger partial charge in [0, 0.05) is 30.2 Å². The van der Waals surface area contributed by atoms with Crippen LogP contribution in [0.1, 0.15) is 12.8 Å². The van der Waals surface area contributed by atoms with Crippen molar-refractivity contribution in [1.82, 2.24) is 15.0 Å². The summed E-state index contributed by atoms with van der Waals surface area (Å²) in [5, 5.41) is 13.8. The van der Waals surface area contributed by atoms with E-state index in [2.05, 4.69) is 19.9 Å². The predicted octanol–water partition coefficient (Wildman–Crippen LogP) is 4.34. The van der Waals surface area contributed by atoms with Crippen molar-refractivity contribution in [3.63, 3.8) is 0 Å². The second kappa shape index (κ2) is 7.66. The normalized spacial score (nSPS) is 25.6. The number of fused-ring (bicyclic) bond motifs is 2. The Bertz CT molecular complexity index is 1140. The molecule has 6 rings (SSSR count). The first-order valence-electron chi connectivity index (χ1n) is 10.8. The molecule has 1 saturated heterocycles. The van der Waals surface area contributed by atoms with E-state index in [4.69, 9.17) is 4.74 Å². The fraction of sp³-hybridized carbons (Fsp3) is 0.333. The SMILES string of the molecule is O[C@@H]1C[C@H]2CN(c3nccs3)C[C@H]2C[C@H]1Oc1ccc(-c2nc3ccccc3[nH]2)cc1. The lowest BCUT2D eigenvalue weighted by atomic mass is 9.78. The van der Waals surface area contributed by atoms with Crippen molar-refractivity contribution in [2.75, 3.05) is 18.0 Å². The highest BCUT2D eigenvalue weighted by atomic mass is 32.1. The molecule has 4 aromatic rings. The number of nitrogens with zero attached hydrogens (tertiary/aromatic N) is 3. The second-order valence-electron chi connectivity index (χ2n) is 8.56. The third-order valence-corrected chi connectivity index (χ3v) is 7.41. The van der Waals surface area contributed by atoms with E-state index in [0.29, 0.717) is 11.8 Å². The zero-order valence-corrected chi connectivity index (χ0v) is 17.8. The van der Waals surface area contributed by atoms with Crippen LogP contribution in [0.25, 0.3) is 22.4 Å². The van der Waals surface area contributed by atoms with Gasteiger partial charge in [-0.1, -0.05) is 12.1 Å². The van der Waals surface area contributed by atoms with Gasteiger partial charge in [-0.25, -0.2) is 9.97 Å². The summed E-state index contributed by atoms with van der Waals surface area (Å²) in [7, 11) is 0. The summed E-state index contributed by atoms with van der Waals surface area (Å²) < 4.78 is 6.24. The third-order valence-electron chi connectivity index (χ3n) is 6.58. The maximum absolute atomic E-state index is 10.7. The highest BCUT2D eigenvalue weighted by Crippen LogP contribution is 2.40. The first kappa shape index (κ1) is 18.8. The molecule has 2 N–H and O–H groups in total. The first-order chi connectivity index (χ1) is 15.2. The molecule has 3 heterocycles. The van der Waals surface area contributed by atoms with Crippen molar-refractivity contribution in [3.8, 4) is 17.1 Å². The molecule has 1 aliphatic carbocycles. The largest absolute Gasteiger partial charge is 0.488 e. The summed E-state index contributed by atoms with van der Waals surface area (Å²) in [6.45, 7) is 1.98. The van der Waals surface area contributed by atoms with Crippen molar-refractivity contribution in [2.45, 2.75) is 25.0 Å². The number of nitrogens with one attached hydrogen (secondary N) is 1. The van der Waals surface area contributed by atoms with E-state index in [1.165, 1.54) is 0 Å². The van der Waals surface area contributed by atoms with E-state index < -0.39 is 6.10 Å². The Morgan fingerprint density at radius 3 is 2.61 bits per heavy atom. The number of para-hydroxylation sites is 2. The molecule has 6 nitrogen and oxygen atoms in total. The molecule has 1 saturated carbocycles. The number of aliphatic hydroxyl groups is 1. The van der Waals surface area contributed by atoms with Crippen LogP contribution in [0.5, 0.6) is 5.75 Å². The number of anilines is 1. The number of ether oxygens (including phenoxy) is 1. The van der Waals surface area contributed by atoms with E-state index in [0.717, 1.165) is 59.2 Å². The molecule has 0 unspecified atom stereocenters. The molecule has 2 aromatic heterocycles. The van der Waals surface area contributed by atoms with Crippen LogP contribution in [-0.2, 0) is 0 Å². The fourth-order valence-electron chi connectivity index (χ4n) is 5.00. The van der Waals surface area contributed by atoms with Gasteiger partial charge < -0.3 is 19.7 Å². The number of rotatable bonds is 4. The summed E-state index contributed by atoms with van der Waals surface area (Å²) in [5.74, 6) is 2.68. The van der Waals surface area contributed by atoms with Crippen LogP contribution in [0, 0.1) is 11.8 Å². The van der Waals surface area contributed by atoms with E-state index >= 15 is 0 Å². The number of aromatic amines is 1. The molecule has 2 aromatic carbocycles. The lowest BCUT2D eigenvalue weighted by Crippen LogP contribution is -2.42. The Morgan fingerprint density at radius 2 is 1.84 bits per heavy atom. The van der Waals surface area contributed by atoms with E-state index in [1.807, 2.05) is 60.1 Å². The Kier molecular flexibility index (Phi) is 4.65. The Hall–Kier alpha value is -2.90. The van der Waals surface area contributed by atoms with Crippen LogP contribution >= 0.6 is 11.3 Å². The van der Waals surface area contributed by atoms with Crippen LogP contribution in [0.3, 0.4) is 0 Å². The van der Waals surface area contributed by atoms with Crippen molar-refractivity contribution in [3.05, 3.63) is 60.1 Å². The summed E-state index contributed by atoms with van der Waals surface area (Å²) in [6.07, 6.45) is 2.91. The molecule has 1 aliphatic heterocycles. The molecule has 0 radical (unpaired) electrons. The molecule has 4 atom stereocenters. The van der Waals surface area contributed by atoms with Crippen LogP contribution in [0.2, 0.25) is 0 Å². The van der Waals surface area contributed by atoms with Gasteiger partial charge in [-0.3, -0.25) is 0 Å². The predicted molar refractivity (Wildman–Crippen MR) is 122 cm³/mol. The zero-order chi connectivity index (χ0) is 20.8. The molecule has 0 spiro atoms. The van der Waals surface area contributed by atoms with E-state index in [1.54, 1.807) is 11.3 Å². The van der Waals surface area contributed by atoms with Crippen LogP contribution in [0.4, 0.5) is 5.13 Å². The summed E-state index contributed by atoms with van der Waals surface area (Å²) in [4.78, 5) is 14.8. The average Bonchev–Trinajstić information content (AvgIpc) is 3.53. The minimum Gasteiger partial charge on any atom is -0.488 e. The van der Waals surface area contributed by atoms with Crippen molar-refractivity contribution >= 4 is 27.5 Å². The molecule has 158 valence electrons. The molecule has 2 aliphatic rings. The highest BCUT2D eigenvalue weighted by molar-refractivity contribution is 7.13. The monoisotopic (exact) mass is 432 g/mol. The van der Waals surface area contributed by atoms with Gasteiger partial charge in [0.2, 0.25) is 0 Å². The Morgan fingerprint density at radius 1 is 1.03 bits per heavy atom. The molecule has 7 heteroatoms. The van der Waals surface area contributed by atoms with Crippen molar-refractivity contribution in [2.24, 2.45) is 11.8 Å². The molecule has 2 fully saturated rings. The molecule has 0 amide bonds. The smallest absolute Gasteiger partial charge is 0.185 e. The molecular formula is C24H24N4O2S. The lowest BCUT2D eigenvalue weighted by Gasteiger charge is -2.35. The third kappa shape index (κ3) is 3.58. The summed E-state index contributed by atoms with van der Waals surface area (Å²) in [5.41, 5.74) is 3.00. The topological polar surface area (TPSA) is 74.3 Å². The number of benzene rings is 2. The quantitative estimate of drug-likeness (QED) is 0.502. The van der Waals surface area contributed by atoms with Crippen molar-refractivity contribution < 1.29 is 9.84 Å². The standard InChI is InChI=1S/C24H24N4O2S/c29-21-11-16-13-28(24-25-9-10-31-24)14-17(16)12-22(21)30-18-7-5-15(6-8-18)23-26-19-3-1-2-4-20(19)27-23/h1-10,16-17,21-22,29H,11-14H2,(H,26,27)/t16-,17+,21+,22+/m0/s1. The van der Waals surface area contributed by atoms with Gasteiger partial charge in [-0.05, 0) is 61.1 Å². The number of imidazole rings is 1. The Labute approximate surface area is 184 Å². The van der Waals surface area contributed by atoms with Crippen molar-refractivity contribution in [1.29, 1.82) is 0 Å². The molecule has 31 heavy (non-hydrogen) atoms.